The van der Waals surface area contributed by atoms with Crippen LogP contribution in [-0.2, 0) is 0 Å². The lowest BCUT2D eigenvalue weighted by Gasteiger charge is -1.73. The van der Waals surface area contributed by atoms with Crippen LogP contribution in [0.1, 0.15) is 0 Å². The predicted octanol–water partition coefficient (Wildman–Crippen LogP) is 1.47. The molecule has 0 radical (unpaired) electrons. The van der Waals surface area contributed by atoms with E-state index in [0.29, 0.717) is 5.71 Å². The Morgan fingerprint density at radius 2 is 2.44 bits per heavy atom. The quantitative estimate of drug-likeness (QED) is 0.557. The van der Waals surface area contributed by atoms with Crippen LogP contribution in [0.25, 0.3) is 11.1 Å². The second-order valence-corrected chi connectivity index (χ2v) is 1.84. The normalized spacial score (nSPS) is 10.7. The number of fused-ring (bicyclic) bond motifs is 1. The smallest absolute Gasteiger partial charge is 0.207 e. The third-order valence-corrected chi connectivity index (χ3v) is 1.27. The average molecular weight is 123 g/mol. The summed E-state index contributed by atoms with van der Waals surface area (Å²) in [6, 6.07) is 1.76. The fraction of sp³-hybridized carbons (Fsp3) is 0. The first-order valence-corrected chi connectivity index (χ1v) is 2.61. The molecule has 2 rings (SSSR count). The van der Waals surface area contributed by atoms with Gasteiger partial charge in [-0.15, -0.1) is 0 Å². The summed E-state index contributed by atoms with van der Waals surface area (Å²) in [6.45, 7) is 0. The van der Waals surface area contributed by atoms with Crippen molar-refractivity contribution >= 4 is 11.1 Å². The zero-order valence-corrected chi connectivity index (χ0v) is 4.59. The van der Waals surface area contributed by atoms with E-state index in [0.717, 1.165) is 5.39 Å². The molecule has 0 atom stereocenters. The van der Waals surface area contributed by atoms with Gasteiger partial charge in [0, 0.05) is 6.20 Å². The van der Waals surface area contributed by atoms with Crippen LogP contribution in [0, 0.1) is 0 Å². The van der Waals surface area contributed by atoms with Gasteiger partial charge >= 0.3 is 0 Å². The van der Waals surface area contributed by atoms with Crippen molar-refractivity contribution in [3.05, 3.63) is 18.5 Å². The van der Waals surface area contributed by atoms with E-state index in [4.69, 9.17) is 9.52 Å². The third kappa shape index (κ3) is 0.455. The van der Waals surface area contributed by atoms with E-state index in [9.17, 15) is 0 Å². The first-order chi connectivity index (χ1) is 4.38. The fourth-order valence-electron chi connectivity index (χ4n) is 0.832. The lowest BCUT2D eigenvalue weighted by molar-refractivity contribution is 0.463. The lowest BCUT2D eigenvalue weighted by Crippen LogP contribution is -1.51. The SMILES string of the molecule is Oc1coc2[nH]ccc12. The summed E-state index contributed by atoms with van der Waals surface area (Å²) in [7, 11) is 0. The molecule has 0 aliphatic heterocycles. The van der Waals surface area contributed by atoms with Gasteiger partial charge in [0.25, 0.3) is 0 Å². The second-order valence-electron chi connectivity index (χ2n) is 1.84. The van der Waals surface area contributed by atoms with E-state index in [1.54, 1.807) is 12.3 Å². The molecule has 3 nitrogen and oxygen atoms in total. The Bertz CT molecular complexity index is 320. The van der Waals surface area contributed by atoms with Gasteiger partial charge in [0.15, 0.2) is 5.75 Å². The summed E-state index contributed by atoms with van der Waals surface area (Å²) in [4.78, 5) is 2.81. The molecule has 9 heavy (non-hydrogen) atoms. The van der Waals surface area contributed by atoms with Crippen molar-refractivity contribution in [3.63, 3.8) is 0 Å². The zero-order chi connectivity index (χ0) is 6.27. The molecule has 0 spiro atoms. The minimum Gasteiger partial charge on any atom is -0.504 e. The van der Waals surface area contributed by atoms with Crippen LogP contribution < -0.4 is 0 Å². The van der Waals surface area contributed by atoms with Crippen molar-refractivity contribution in [2.75, 3.05) is 0 Å². The van der Waals surface area contributed by atoms with Crippen molar-refractivity contribution in [3.8, 4) is 5.75 Å². The molecule has 2 aromatic rings. The van der Waals surface area contributed by atoms with E-state index in [1.165, 1.54) is 6.26 Å². The number of hydrogen-bond acceptors (Lipinski definition) is 2. The van der Waals surface area contributed by atoms with Crippen LogP contribution in [0.2, 0.25) is 0 Å². The molecular formula is C6H5NO2. The monoisotopic (exact) mass is 123 g/mol. The Morgan fingerprint density at radius 1 is 1.56 bits per heavy atom. The average Bonchev–Trinajstić information content (AvgIpc) is 2.35. The van der Waals surface area contributed by atoms with Crippen LogP contribution in [0.3, 0.4) is 0 Å². The number of furan rings is 1. The standard InChI is InChI=1S/C6H5NO2/c8-5-3-9-6-4(5)1-2-7-6/h1-3,7-8H. The van der Waals surface area contributed by atoms with Crippen molar-refractivity contribution in [2.24, 2.45) is 0 Å². The Morgan fingerprint density at radius 3 is 3.22 bits per heavy atom. The highest BCUT2D eigenvalue weighted by Crippen LogP contribution is 2.24. The highest BCUT2D eigenvalue weighted by molar-refractivity contribution is 5.80. The van der Waals surface area contributed by atoms with E-state index in [2.05, 4.69) is 4.98 Å². The fourth-order valence-corrected chi connectivity index (χ4v) is 0.832. The number of aromatic amines is 1. The maximum absolute atomic E-state index is 8.99. The van der Waals surface area contributed by atoms with Crippen LogP contribution >= 0.6 is 0 Å². The largest absolute Gasteiger partial charge is 0.504 e. The Balaban J connectivity index is 2.99. The third-order valence-electron chi connectivity index (χ3n) is 1.27. The van der Waals surface area contributed by atoms with Crippen molar-refractivity contribution in [2.45, 2.75) is 0 Å². The number of hydrogen-bond donors (Lipinski definition) is 2. The molecule has 3 heteroatoms. The Labute approximate surface area is 50.9 Å². The lowest BCUT2D eigenvalue weighted by atomic mass is 10.4. The minimum absolute atomic E-state index is 0.186. The van der Waals surface area contributed by atoms with Gasteiger partial charge in [0.2, 0.25) is 5.71 Å². The highest BCUT2D eigenvalue weighted by Gasteiger charge is 2.01. The summed E-state index contributed by atoms with van der Waals surface area (Å²) in [6.07, 6.45) is 3.02. The second kappa shape index (κ2) is 1.31. The van der Waals surface area contributed by atoms with Crippen molar-refractivity contribution in [1.82, 2.24) is 4.98 Å². The summed E-state index contributed by atoms with van der Waals surface area (Å²) in [5.41, 5.74) is 0.618. The molecule has 2 aromatic heterocycles. The maximum atomic E-state index is 8.99. The van der Waals surface area contributed by atoms with Gasteiger partial charge in [0.1, 0.15) is 6.26 Å². The van der Waals surface area contributed by atoms with E-state index >= 15 is 0 Å². The molecule has 0 aromatic carbocycles. The van der Waals surface area contributed by atoms with Crippen LogP contribution in [0.4, 0.5) is 0 Å². The molecule has 0 fully saturated rings. The number of nitrogens with one attached hydrogen (secondary N) is 1. The number of rotatable bonds is 0. The van der Waals surface area contributed by atoms with Gasteiger partial charge in [-0.3, -0.25) is 0 Å². The summed E-state index contributed by atoms with van der Waals surface area (Å²) < 4.78 is 4.88. The Hall–Kier alpha value is -1.38. The van der Waals surface area contributed by atoms with Crippen LogP contribution in [0.15, 0.2) is 22.9 Å². The van der Waals surface area contributed by atoms with E-state index in [1.807, 2.05) is 0 Å². The van der Waals surface area contributed by atoms with Crippen molar-refractivity contribution in [1.29, 1.82) is 0 Å². The number of aromatic nitrogens is 1. The predicted molar refractivity (Wildman–Crippen MR) is 32.2 cm³/mol. The van der Waals surface area contributed by atoms with Crippen LogP contribution in [-0.4, -0.2) is 10.1 Å². The highest BCUT2D eigenvalue weighted by atomic mass is 16.4. The molecule has 2 N–H and O–H groups in total. The van der Waals surface area contributed by atoms with Gasteiger partial charge in [0.05, 0.1) is 5.39 Å². The van der Waals surface area contributed by atoms with Gasteiger partial charge in [-0.05, 0) is 6.07 Å². The molecule has 0 aliphatic rings. The van der Waals surface area contributed by atoms with Crippen LogP contribution in [0.5, 0.6) is 5.75 Å². The molecule has 46 valence electrons. The molecule has 0 saturated carbocycles. The molecule has 0 bridgehead atoms. The van der Waals surface area contributed by atoms with Gasteiger partial charge < -0.3 is 14.5 Å². The Kier molecular flexibility index (Phi) is 0.656. The van der Waals surface area contributed by atoms with E-state index in [-0.39, 0.29) is 5.75 Å². The maximum Gasteiger partial charge on any atom is 0.207 e. The first-order valence-electron chi connectivity index (χ1n) is 2.61. The molecule has 0 saturated heterocycles. The molecular weight excluding hydrogens is 118 g/mol. The van der Waals surface area contributed by atoms with E-state index < -0.39 is 0 Å². The number of aromatic hydroxyl groups is 1. The minimum atomic E-state index is 0.186. The summed E-state index contributed by atoms with van der Waals surface area (Å²) in [5, 5.41) is 9.72. The molecule has 0 aliphatic carbocycles. The van der Waals surface area contributed by atoms with Gasteiger partial charge in [-0.25, -0.2) is 0 Å². The molecule has 0 unspecified atom stereocenters. The molecule has 0 amide bonds. The van der Waals surface area contributed by atoms with Gasteiger partial charge in [-0.2, -0.15) is 0 Å². The van der Waals surface area contributed by atoms with Gasteiger partial charge in [-0.1, -0.05) is 0 Å². The summed E-state index contributed by atoms with van der Waals surface area (Å²) >= 11 is 0. The first kappa shape index (κ1) is 4.49. The van der Waals surface area contributed by atoms with Crippen molar-refractivity contribution < 1.29 is 9.52 Å². The number of H-pyrrole nitrogens is 1. The topological polar surface area (TPSA) is 49.2 Å². The molecule has 2 heterocycles. The zero-order valence-electron chi connectivity index (χ0n) is 4.59. The summed E-state index contributed by atoms with van der Waals surface area (Å²) in [5.74, 6) is 0.186.